The molecule has 0 saturated heterocycles. The molecule has 6 heteroatoms. The molecular weight excluding hydrogens is 438 g/mol. The normalized spacial score (nSPS) is 13.0. The van der Waals surface area contributed by atoms with Crippen LogP contribution in [0, 0.1) is 27.7 Å². The highest BCUT2D eigenvalue weighted by molar-refractivity contribution is 8.01. The molecule has 1 atom stereocenters. The van der Waals surface area contributed by atoms with E-state index in [1.165, 1.54) is 18.2 Å². The van der Waals surface area contributed by atoms with Gasteiger partial charge in [0.2, 0.25) is 11.0 Å². The molecule has 1 unspecified atom stereocenters. The van der Waals surface area contributed by atoms with E-state index in [1.54, 1.807) is 45.0 Å². The first-order chi connectivity index (χ1) is 14.1. The molecule has 0 aliphatic rings. The molecule has 3 aromatic rings. The lowest BCUT2D eigenvalue weighted by Crippen LogP contribution is -2.24. The Morgan fingerprint density at radius 1 is 0.767 bits per heavy atom. The maximum atomic E-state index is 14.5. The van der Waals surface area contributed by atoms with Gasteiger partial charge in [0.25, 0.3) is 7.14 Å². The number of hydrogen-bond donors (Lipinski definition) is 0. The van der Waals surface area contributed by atoms with Gasteiger partial charge in [-0.15, -0.1) is 0 Å². The molecule has 0 spiro atoms. The van der Waals surface area contributed by atoms with E-state index < -0.39 is 18.2 Å². The number of benzene rings is 3. The number of carbonyl (C=O) groups is 2. The molecule has 0 N–H and O–H groups in total. The van der Waals surface area contributed by atoms with Crippen LogP contribution >= 0.6 is 30.3 Å². The second-order valence-corrected chi connectivity index (χ2v) is 10.6. The van der Waals surface area contributed by atoms with Gasteiger partial charge in [0.1, 0.15) is 0 Å². The summed E-state index contributed by atoms with van der Waals surface area (Å²) < 4.78 is 14.5. The fraction of sp³-hybridized carbons (Fsp3) is 0.167. The Bertz CT molecular complexity index is 1190. The van der Waals surface area contributed by atoms with Crippen LogP contribution in [-0.2, 0) is 4.57 Å². The van der Waals surface area contributed by atoms with Crippen LogP contribution in [0.25, 0.3) is 0 Å². The molecule has 3 aromatic carbocycles. The second kappa shape index (κ2) is 8.51. The fourth-order valence-electron chi connectivity index (χ4n) is 3.66. The average molecular weight is 459 g/mol. The number of aryl methyl sites for hydroxylation is 4. The van der Waals surface area contributed by atoms with Crippen LogP contribution in [0.2, 0.25) is 10.0 Å². The smallest absolute Gasteiger partial charge is 0.251 e. The molecule has 0 amide bonds. The minimum absolute atomic E-state index is 0.0361. The second-order valence-electron chi connectivity index (χ2n) is 7.39. The minimum Gasteiger partial charge on any atom is -0.302 e. The summed E-state index contributed by atoms with van der Waals surface area (Å²) in [6, 6.07) is 15.0. The van der Waals surface area contributed by atoms with Crippen molar-refractivity contribution >= 4 is 46.7 Å². The van der Waals surface area contributed by atoms with Crippen molar-refractivity contribution < 1.29 is 14.2 Å². The van der Waals surface area contributed by atoms with Crippen LogP contribution in [0.4, 0.5) is 0 Å². The first-order valence-electron chi connectivity index (χ1n) is 9.37. The van der Waals surface area contributed by atoms with Gasteiger partial charge in [-0.25, -0.2) is 0 Å². The lowest BCUT2D eigenvalue weighted by molar-refractivity contribution is 0.104. The molecule has 0 aliphatic carbocycles. The maximum absolute atomic E-state index is 14.5. The quantitative estimate of drug-likeness (QED) is 0.390. The third-order valence-corrected chi connectivity index (χ3v) is 8.84. The van der Waals surface area contributed by atoms with Crippen molar-refractivity contribution in [3.8, 4) is 0 Å². The zero-order valence-corrected chi connectivity index (χ0v) is 19.5. The Labute approximate surface area is 186 Å². The van der Waals surface area contributed by atoms with E-state index >= 15 is 0 Å². The number of carbonyl (C=O) groups excluding carboxylic acids is 2. The first kappa shape index (κ1) is 22.5. The number of hydrogen-bond acceptors (Lipinski definition) is 3. The highest BCUT2D eigenvalue weighted by Crippen LogP contribution is 2.55. The third-order valence-electron chi connectivity index (χ3n) is 5.06. The van der Waals surface area contributed by atoms with Crippen molar-refractivity contribution in [2.75, 3.05) is 0 Å². The van der Waals surface area contributed by atoms with Gasteiger partial charge in [0, 0.05) is 11.1 Å². The summed E-state index contributed by atoms with van der Waals surface area (Å²) in [5.41, 5.74) is 1.77. The van der Waals surface area contributed by atoms with Gasteiger partial charge >= 0.3 is 0 Å². The molecule has 0 heterocycles. The average Bonchev–Trinajstić information content (AvgIpc) is 2.70. The van der Waals surface area contributed by atoms with Crippen LogP contribution < -0.4 is 5.30 Å². The number of halogens is 2. The molecule has 154 valence electrons. The van der Waals surface area contributed by atoms with Crippen molar-refractivity contribution in [3.63, 3.8) is 0 Å². The molecule has 0 aliphatic heterocycles. The van der Waals surface area contributed by atoms with E-state index in [4.69, 9.17) is 23.2 Å². The van der Waals surface area contributed by atoms with Gasteiger partial charge in [-0.05, 0) is 50.5 Å². The van der Waals surface area contributed by atoms with Crippen molar-refractivity contribution in [1.82, 2.24) is 0 Å². The van der Waals surface area contributed by atoms with Gasteiger partial charge in [0.05, 0.1) is 15.3 Å². The molecule has 0 fully saturated rings. The zero-order valence-electron chi connectivity index (χ0n) is 17.1. The summed E-state index contributed by atoms with van der Waals surface area (Å²) in [6.45, 7) is 7.16. The monoisotopic (exact) mass is 458 g/mol. The molecule has 0 aromatic heterocycles. The molecule has 0 radical (unpaired) electrons. The number of rotatable bonds is 5. The van der Waals surface area contributed by atoms with E-state index in [0.29, 0.717) is 16.7 Å². The summed E-state index contributed by atoms with van der Waals surface area (Å²) >= 11 is 12.9. The highest BCUT2D eigenvalue weighted by atomic mass is 35.5. The lowest BCUT2D eigenvalue weighted by Gasteiger charge is -2.22. The highest BCUT2D eigenvalue weighted by Gasteiger charge is 2.46. The van der Waals surface area contributed by atoms with Crippen LogP contribution in [0.3, 0.4) is 0 Å². The van der Waals surface area contributed by atoms with E-state index in [2.05, 4.69) is 0 Å². The molecular formula is C24H21Cl2O3P. The van der Waals surface area contributed by atoms with Gasteiger partial charge in [-0.2, -0.15) is 0 Å². The topological polar surface area (TPSA) is 51.2 Å². The molecule has 3 nitrogen and oxygen atoms in total. The van der Waals surface area contributed by atoms with E-state index in [-0.39, 0.29) is 26.5 Å². The molecule has 3 rings (SSSR count). The zero-order chi connectivity index (χ0) is 22.2. The molecule has 30 heavy (non-hydrogen) atoms. The van der Waals surface area contributed by atoms with Crippen LogP contribution in [0.15, 0.2) is 54.6 Å². The van der Waals surface area contributed by atoms with Crippen molar-refractivity contribution in [3.05, 3.63) is 98.0 Å². The van der Waals surface area contributed by atoms with Crippen LogP contribution in [0.5, 0.6) is 0 Å². The Kier molecular flexibility index (Phi) is 6.38. The Morgan fingerprint density at radius 3 is 1.90 bits per heavy atom. The Hall–Kier alpha value is -2.19. The summed E-state index contributed by atoms with van der Waals surface area (Å²) in [4.78, 5) is 27.4. The maximum Gasteiger partial charge on any atom is 0.251 e. The van der Waals surface area contributed by atoms with E-state index in [1.807, 2.05) is 19.1 Å². The van der Waals surface area contributed by atoms with Crippen molar-refractivity contribution in [1.29, 1.82) is 0 Å². The summed E-state index contributed by atoms with van der Waals surface area (Å²) in [5, 5.41) is 0.0175. The lowest BCUT2D eigenvalue weighted by atomic mass is 10.0. The van der Waals surface area contributed by atoms with Gasteiger partial charge < -0.3 is 4.57 Å². The summed E-state index contributed by atoms with van der Waals surface area (Å²) in [7, 11) is -4.41. The molecule has 0 bridgehead atoms. The van der Waals surface area contributed by atoms with Crippen LogP contribution in [0.1, 0.15) is 43.0 Å². The first-order valence-corrected chi connectivity index (χ1v) is 11.8. The van der Waals surface area contributed by atoms with Crippen molar-refractivity contribution in [2.24, 2.45) is 0 Å². The summed E-state index contributed by atoms with van der Waals surface area (Å²) in [6.07, 6.45) is 0. The minimum atomic E-state index is -4.41. The van der Waals surface area contributed by atoms with Gasteiger partial charge in [-0.1, -0.05) is 77.3 Å². The predicted molar refractivity (Wildman–Crippen MR) is 124 cm³/mol. The standard InChI is InChI=1S/C24H21Cl2O3P/c1-14-12-16(3)20(17(4)13-14)24(28)30(29,23(27)18-8-6-5-7-9-18)22-19(25)11-10-15(2)21(22)26/h5-13H,1-4H3. The Balaban J connectivity index is 2.38. The van der Waals surface area contributed by atoms with Gasteiger partial charge in [0.15, 0.2) is 0 Å². The van der Waals surface area contributed by atoms with Crippen LogP contribution in [-0.4, -0.2) is 11.0 Å². The third kappa shape index (κ3) is 3.78. The van der Waals surface area contributed by atoms with E-state index in [9.17, 15) is 14.2 Å². The Morgan fingerprint density at radius 2 is 1.33 bits per heavy atom. The SMILES string of the molecule is Cc1cc(C)c(C(=O)P(=O)(C(=O)c2ccccc2)c2c(Cl)ccc(C)c2Cl)c(C)c1. The van der Waals surface area contributed by atoms with Crippen molar-refractivity contribution in [2.45, 2.75) is 27.7 Å². The van der Waals surface area contributed by atoms with E-state index in [0.717, 1.165) is 5.56 Å². The summed E-state index contributed by atoms with van der Waals surface area (Å²) in [5.74, 6) is 0. The predicted octanol–water partition coefficient (Wildman–Crippen LogP) is 6.90. The van der Waals surface area contributed by atoms with Gasteiger partial charge in [-0.3, -0.25) is 9.59 Å². The largest absolute Gasteiger partial charge is 0.302 e. The molecule has 0 saturated carbocycles. The fourth-order valence-corrected chi connectivity index (χ4v) is 7.35.